The van der Waals surface area contributed by atoms with Crippen LogP contribution in [0.2, 0.25) is 0 Å². The fourth-order valence-corrected chi connectivity index (χ4v) is 1.96. The fourth-order valence-electron chi connectivity index (χ4n) is 1.96. The van der Waals surface area contributed by atoms with Crippen LogP contribution >= 0.6 is 0 Å². The second-order valence-electron chi connectivity index (χ2n) is 4.58. The lowest BCUT2D eigenvalue weighted by Gasteiger charge is -2.04. The van der Waals surface area contributed by atoms with Crippen LogP contribution < -0.4 is 11.1 Å². The Morgan fingerprint density at radius 1 is 1.24 bits per heavy atom. The van der Waals surface area contributed by atoms with Crippen LogP contribution in [0.25, 0.3) is 5.65 Å². The van der Waals surface area contributed by atoms with Crippen molar-refractivity contribution in [2.75, 3.05) is 5.73 Å². The van der Waals surface area contributed by atoms with Crippen LogP contribution in [0.3, 0.4) is 0 Å². The summed E-state index contributed by atoms with van der Waals surface area (Å²) in [5, 5.41) is 10.9. The van der Waals surface area contributed by atoms with Gasteiger partial charge in [-0.3, -0.25) is 14.2 Å². The molecule has 0 radical (unpaired) electrons. The van der Waals surface area contributed by atoms with Crippen LogP contribution in [0.4, 0.5) is 5.69 Å². The minimum absolute atomic E-state index is 0.125. The van der Waals surface area contributed by atoms with Gasteiger partial charge in [0.25, 0.3) is 0 Å². The Morgan fingerprint density at radius 3 is 2.95 bits per heavy atom. The van der Waals surface area contributed by atoms with E-state index in [0.29, 0.717) is 23.8 Å². The highest BCUT2D eigenvalue weighted by molar-refractivity contribution is 5.78. The molecule has 0 aliphatic heterocycles. The Hall–Kier alpha value is -2.96. The van der Waals surface area contributed by atoms with Crippen molar-refractivity contribution >= 4 is 17.2 Å². The molecule has 3 aromatic rings. The van der Waals surface area contributed by atoms with Crippen LogP contribution in [0.15, 0.2) is 42.7 Å². The maximum atomic E-state index is 11.9. The number of aromatic nitrogens is 4. The zero-order chi connectivity index (χ0) is 14.7. The van der Waals surface area contributed by atoms with Crippen molar-refractivity contribution in [1.29, 1.82) is 0 Å². The molecular formula is C14H14N6O. The molecule has 3 aromatic heterocycles. The van der Waals surface area contributed by atoms with Crippen molar-refractivity contribution in [2.45, 2.75) is 13.0 Å². The molecule has 21 heavy (non-hydrogen) atoms. The summed E-state index contributed by atoms with van der Waals surface area (Å²) < 4.78 is 1.84. The maximum Gasteiger partial charge on any atom is 0.226 e. The summed E-state index contributed by atoms with van der Waals surface area (Å²) in [6.45, 7) is 0.318. The van der Waals surface area contributed by atoms with Gasteiger partial charge in [0.15, 0.2) is 11.5 Å². The van der Waals surface area contributed by atoms with Gasteiger partial charge in [0.2, 0.25) is 5.91 Å². The molecule has 7 heteroatoms. The highest BCUT2D eigenvalue weighted by Gasteiger charge is 2.08. The van der Waals surface area contributed by atoms with Crippen molar-refractivity contribution in [3.8, 4) is 0 Å². The van der Waals surface area contributed by atoms with E-state index in [1.807, 2.05) is 28.8 Å². The molecule has 7 nitrogen and oxygen atoms in total. The molecule has 0 unspecified atom stereocenters. The summed E-state index contributed by atoms with van der Waals surface area (Å²) >= 11 is 0. The van der Waals surface area contributed by atoms with E-state index < -0.39 is 0 Å². The molecule has 3 rings (SSSR count). The molecule has 0 atom stereocenters. The molecule has 3 heterocycles. The normalized spacial score (nSPS) is 10.7. The molecule has 0 aliphatic carbocycles. The van der Waals surface area contributed by atoms with Crippen molar-refractivity contribution in [2.24, 2.45) is 0 Å². The van der Waals surface area contributed by atoms with E-state index in [4.69, 9.17) is 5.73 Å². The van der Waals surface area contributed by atoms with E-state index >= 15 is 0 Å². The maximum absolute atomic E-state index is 11.9. The van der Waals surface area contributed by atoms with Gasteiger partial charge in [-0.05, 0) is 24.3 Å². The van der Waals surface area contributed by atoms with Crippen LogP contribution in [0, 0.1) is 0 Å². The number of nitrogen functional groups attached to an aromatic ring is 1. The first-order valence-corrected chi connectivity index (χ1v) is 6.48. The zero-order valence-corrected chi connectivity index (χ0v) is 11.2. The second-order valence-corrected chi connectivity index (χ2v) is 4.58. The van der Waals surface area contributed by atoms with Crippen molar-refractivity contribution in [3.05, 3.63) is 54.2 Å². The van der Waals surface area contributed by atoms with Gasteiger partial charge >= 0.3 is 0 Å². The Balaban J connectivity index is 1.62. The lowest BCUT2D eigenvalue weighted by Crippen LogP contribution is -2.26. The molecule has 0 aromatic carbocycles. The first-order chi connectivity index (χ1) is 10.2. The number of anilines is 1. The second kappa shape index (κ2) is 5.58. The van der Waals surface area contributed by atoms with E-state index in [2.05, 4.69) is 20.5 Å². The number of carbonyl (C=O) groups excluding carboxylic acids is 1. The quantitative estimate of drug-likeness (QED) is 0.728. The van der Waals surface area contributed by atoms with Crippen molar-refractivity contribution in [1.82, 2.24) is 24.9 Å². The third kappa shape index (κ3) is 2.97. The number of hydrogen-bond acceptors (Lipinski definition) is 5. The van der Waals surface area contributed by atoms with E-state index in [0.717, 1.165) is 5.65 Å². The molecule has 0 fully saturated rings. The van der Waals surface area contributed by atoms with Gasteiger partial charge in [0.05, 0.1) is 24.8 Å². The van der Waals surface area contributed by atoms with Gasteiger partial charge in [-0.15, -0.1) is 10.2 Å². The smallest absolute Gasteiger partial charge is 0.226 e. The Labute approximate surface area is 120 Å². The third-order valence-electron chi connectivity index (χ3n) is 3.02. The van der Waals surface area contributed by atoms with Gasteiger partial charge in [0, 0.05) is 11.9 Å². The first kappa shape index (κ1) is 13.0. The highest BCUT2D eigenvalue weighted by Crippen LogP contribution is 2.04. The van der Waals surface area contributed by atoms with E-state index in [1.165, 1.54) is 6.20 Å². The minimum Gasteiger partial charge on any atom is -0.397 e. The molecule has 0 bridgehead atoms. The predicted octanol–water partition coefficient (Wildman–Crippen LogP) is 0.565. The molecule has 106 valence electrons. The Kier molecular flexibility index (Phi) is 3.46. The first-order valence-electron chi connectivity index (χ1n) is 6.48. The third-order valence-corrected chi connectivity index (χ3v) is 3.02. The summed E-state index contributed by atoms with van der Waals surface area (Å²) in [7, 11) is 0. The topological polar surface area (TPSA) is 98.2 Å². The number of nitrogens with zero attached hydrogens (tertiary/aromatic N) is 4. The van der Waals surface area contributed by atoms with Crippen molar-refractivity contribution < 1.29 is 4.79 Å². The van der Waals surface area contributed by atoms with Gasteiger partial charge in [0.1, 0.15) is 0 Å². The monoisotopic (exact) mass is 282 g/mol. The molecule has 1 amide bonds. The molecule has 0 saturated heterocycles. The van der Waals surface area contributed by atoms with Gasteiger partial charge < -0.3 is 11.1 Å². The number of hydrogen-bond donors (Lipinski definition) is 2. The summed E-state index contributed by atoms with van der Waals surface area (Å²) in [5.41, 5.74) is 7.56. The van der Waals surface area contributed by atoms with Crippen LogP contribution in [-0.4, -0.2) is 25.5 Å². The number of nitrogens with two attached hydrogens (primary N) is 1. The van der Waals surface area contributed by atoms with Crippen LogP contribution in [-0.2, 0) is 17.8 Å². The number of fused-ring (bicyclic) bond motifs is 1. The van der Waals surface area contributed by atoms with E-state index in [-0.39, 0.29) is 12.3 Å². The SMILES string of the molecule is Nc1ccc(CC(=O)NCc2nnc3ccccn23)nc1. The molecule has 0 saturated carbocycles. The number of rotatable bonds is 4. The van der Waals surface area contributed by atoms with Crippen molar-refractivity contribution in [3.63, 3.8) is 0 Å². The van der Waals surface area contributed by atoms with Gasteiger partial charge in [-0.2, -0.15) is 0 Å². The standard InChI is InChI=1S/C14H14N6O/c15-10-4-5-11(16-8-10)7-14(21)17-9-13-19-18-12-3-1-2-6-20(12)13/h1-6,8H,7,9,15H2,(H,17,21). The largest absolute Gasteiger partial charge is 0.397 e. The molecule has 0 aliphatic rings. The van der Waals surface area contributed by atoms with Gasteiger partial charge in [-0.25, -0.2) is 0 Å². The minimum atomic E-state index is -0.125. The van der Waals surface area contributed by atoms with Crippen LogP contribution in [0.1, 0.15) is 11.5 Å². The average molecular weight is 282 g/mol. The predicted molar refractivity (Wildman–Crippen MR) is 77.2 cm³/mol. The molecule has 3 N–H and O–H groups in total. The molecule has 0 spiro atoms. The number of amides is 1. The Morgan fingerprint density at radius 2 is 2.14 bits per heavy atom. The summed E-state index contributed by atoms with van der Waals surface area (Å²) in [4.78, 5) is 16.0. The Bertz CT molecular complexity index is 764. The van der Waals surface area contributed by atoms with E-state index in [1.54, 1.807) is 12.1 Å². The number of nitrogens with one attached hydrogen (secondary N) is 1. The van der Waals surface area contributed by atoms with Crippen LogP contribution in [0.5, 0.6) is 0 Å². The molecular weight excluding hydrogens is 268 g/mol. The zero-order valence-electron chi connectivity index (χ0n) is 11.2. The number of pyridine rings is 2. The number of carbonyl (C=O) groups is 1. The average Bonchev–Trinajstić information content (AvgIpc) is 2.91. The lowest BCUT2D eigenvalue weighted by molar-refractivity contribution is -0.120. The van der Waals surface area contributed by atoms with E-state index in [9.17, 15) is 4.79 Å². The van der Waals surface area contributed by atoms with Gasteiger partial charge in [-0.1, -0.05) is 6.07 Å². The summed E-state index contributed by atoms with van der Waals surface area (Å²) in [6, 6.07) is 9.10. The highest BCUT2D eigenvalue weighted by atomic mass is 16.1. The summed E-state index contributed by atoms with van der Waals surface area (Å²) in [5.74, 6) is 0.559. The summed E-state index contributed by atoms with van der Waals surface area (Å²) in [6.07, 6.45) is 3.60. The fraction of sp³-hybridized carbons (Fsp3) is 0.143. The lowest BCUT2D eigenvalue weighted by atomic mass is 10.2.